The minimum Gasteiger partial charge on any atom is -0.467 e. The van der Waals surface area contributed by atoms with Crippen LogP contribution < -0.4 is 4.90 Å². The first-order valence-electron chi connectivity index (χ1n) is 9.61. The molecule has 7 heteroatoms. The van der Waals surface area contributed by atoms with Gasteiger partial charge >= 0.3 is 0 Å². The Bertz CT molecular complexity index is 969. The molecule has 1 saturated heterocycles. The van der Waals surface area contributed by atoms with E-state index in [9.17, 15) is 4.79 Å². The van der Waals surface area contributed by atoms with Crippen molar-refractivity contribution >= 4 is 22.6 Å². The maximum Gasteiger partial charge on any atom is 0.298 e. The minimum atomic E-state index is -0.244. The summed E-state index contributed by atoms with van der Waals surface area (Å²) < 4.78 is 17.0. The number of carbonyl (C=O) groups excluding carboxylic acids is 1. The standard InChI is InChI=1S/C21H21N3O4/c25-21(14-23-7-10-26-11-8-23)24-17(19-6-3-9-27-19)13-16(22-24)20-12-15-4-1-2-5-18(15)28-20/h1-6,9,12,17H,7-8,10-11,13-14H2/p+1/t17-/m1/s1. The molecular weight excluding hydrogens is 358 g/mol. The molecule has 0 bridgehead atoms. The van der Waals surface area contributed by atoms with E-state index in [1.54, 1.807) is 11.3 Å². The van der Waals surface area contributed by atoms with Gasteiger partial charge in [-0.3, -0.25) is 4.79 Å². The molecule has 0 spiro atoms. The molecule has 144 valence electrons. The zero-order valence-electron chi connectivity index (χ0n) is 15.5. The molecule has 1 fully saturated rings. The second-order valence-electron chi connectivity index (χ2n) is 7.21. The Labute approximate surface area is 162 Å². The van der Waals surface area contributed by atoms with Gasteiger partial charge in [0.1, 0.15) is 36.2 Å². The van der Waals surface area contributed by atoms with Crippen molar-refractivity contribution < 1.29 is 23.3 Å². The zero-order valence-corrected chi connectivity index (χ0v) is 15.5. The number of rotatable bonds is 4. The molecule has 5 rings (SSSR count). The van der Waals surface area contributed by atoms with Crippen molar-refractivity contribution in [3.63, 3.8) is 0 Å². The van der Waals surface area contributed by atoms with Crippen LogP contribution in [0.3, 0.4) is 0 Å². The van der Waals surface area contributed by atoms with Gasteiger partial charge in [0, 0.05) is 11.8 Å². The lowest BCUT2D eigenvalue weighted by atomic mass is 10.1. The second-order valence-corrected chi connectivity index (χ2v) is 7.21. The molecule has 7 nitrogen and oxygen atoms in total. The Hall–Kier alpha value is -2.90. The number of hydrazone groups is 1. The lowest BCUT2D eigenvalue weighted by Gasteiger charge is -2.26. The van der Waals surface area contributed by atoms with Crippen molar-refractivity contribution in [3.05, 3.63) is 60.2 Å². The van der Waals surface area contributed by atoms with Crippen LogP contribution in [-0.2, 0) is 9.53 Å². The van der Waals surface area contributed by atoms with Crippen LogP contribution in [0.25, 0.3) is 11.0 Å². The van der Waals surface area contributed by atoms with Gasteiger partial charge < -0.3 is 18.5 Å². The van der Waals surface area contributed by atoms with Crippen LogP contribution >= 0.6 is 0 Å². The van der Waals surface area contributed by atoms with Crippen LogP contribution in [-0.4, -0.2) is 49.5 Å². The SMILES string of the molecule is O=C(C[NH+]1CCOCC1)N1N=C(c2cc3ccccc3o2)C[C@@H]1c1ccco1. The van der Waals surface area contributed by atoms with Crippen LogP contribution in [0.1, 0.15) is 24.0 Å². The lowest BCUT2D eigenvalue weighted by molar-refractivity contribution is -0.900. The van der Waals surface area contributed by atoms with Crippen molar-refractivity contribution in [2.24, 2.45) is 5.10 Å². The fourth-order valence-electron chi connectivity index (χ4n) is 3.85. The van der Waals surface area contributed by atoms with Gasteiger partial charge in [-0.2, -0.15) is 5.10 Å². The molecule has 3 aromatic rings. The van der Waals surface area contributed by atoms with Crippen molar-refractivity contribution in [1.82, 2.24) is 5.01 Å². The monoisotopic (exact) mass is 380 g/mol. The summed E-state index contributed by atoms with van der Waals surface area (Å²) in [7, 11) is 0. The van der Waals surface area contributed by atoms with Gasteiger partial charge in [0.25, 0.3) is 5.91 Å². The minimum absolute atomic E-state index is 0.00980. The molecule has 1 aromatic carbocycles. The summed E-state index contributed by atoms with van der Waals surface area (Å²) in [6.07, 6.45) is 2.20. The molecule has 2 aliphatic heterocycles. The summed E-state index contributed by atoms with van der Waals surface area (Å²) in [5, 5.41) is 7.26. The molecule has 2 aliphatic rings. The number of hydrogen-bond acceptors (Lipinski definition) is 5. The third kappa shape index (κ3) is 3.23. The molecule has 0 unspecified atom stereocenters. The largest absolute Gasteiger partial charge is 0.467 e. The van der Waals surface area contributed by atoms with E-state index in [0.29, 0.717) is 31.9 Å². The quantitative estimate of drug-likeness (QED) is 0.747. The van der Waals surface area contributed by atoms with E-state index in [1.807, 2.05) is 42.5 Å². The van der Waals surface area contributed by atoms with Crippen molar-refractivity contribution in [3.8, 4) is 0 Å². The molecule has 1 amide bonds. The van der Waals surface area contributed by atoms with E-state index < -0.39 is 0 Å². The molecule has 1 atom stereocenters. The van der Waals surface area contributed by atoms with Crippen molar-refractivity contribution in [1.29, 1.82) is 0 Å². The summed E-state index contributed by atoms with van der Waals surface area (Å²) in [5.74, 6) is 1.43. The van der Waals surface area contributed by atoms with Gasteiger partial charge in [-0.1, -0.05) is 18.2 Å². The van der Waals surface area contributed by atoms with E-state index in [2.05, 4.69) is 5.10 Å². The summed E-state index contributed by atoms with van der Waals surface area (Å²) in [5.41, 5.74) is 1.58. The maximum absolute atomic E-state index is 13.1. The molecule has 0 saturated carbocycles. The highest BCUT2D eigenvalue weighted by atomic mass is 16.5. The number of quaternary nitrogens is 1. The Morgan fingerprint density at radius 2 is 2.04 bits per heavy atom. The lowest BCUT2D eigenvalue weighted by Crippen LogP contribution is -3.15. The number of ether oxygens (including phenoxy) is 1. The van der Waals surface area contributed by atoms with Crippen LogP contribution in [0.5, 0.6) is 0 Å². The molecule has 28 heavy (non-hydrogen) atoms. The average Bonchev–Trinajstić information content (AvgIpc) is 3.46. The number of nitrogens with one attached hydrogen (secondary N) is 1. The van der Waals surface area contributed by atoms with Crippen molar-refractivity contribution in [2.45, 2.75) is 12.5 Å². The van der Waals surface area contributed by atoms with E-state index in [-0.39, 0.29) is 11.9 Å². The first-order valence-corrected chi connectivity index (χ1v) is 9.61. The van der Waals surface area contributed by atoms with E-state index in [1.165, 1.54) is 4.90 Å². The molecular formula is C21H22N3O4+. The number of benzene rings is 1. The summed E-state index contributed by atoms with van der Waals surface area (Å²) >= 11 is 0. The number of para-hydroxylation sites is 1. The van der Waals surface area contributed by atoms with Crippen LogP contribution in [0.2, 0.25) is 0 Å². The van der Waals surface area contributed by atoms with Crippen LogP contribution in [0.15, 0.2) is 62.7 Å². The Kier molecular flexibility index (Phi) is 4.46. The number of hydrogen-bond donors (Lipinski definition) is 1. The highest BCUT2D eigenvalue weighted by molar-refractivity contribution is 6.03. The average molecular weight is 380 g/mol. The van der Waals surface area contributed by atoms with E-state index >= 15 is 0 Å². The van der Waals surface area contributed by atoms with Gasteiger partial charge in [-0.25, -0.2) is 5.01 Å². The first kappa shape index (κ1) is 17.2. The van der Waals surface area contributed by atoms with Gasteiger partial charge in [0.15, 0.2) is 12.3 Å². The Balaban J connectivity index is 1.43. The predicted molar refractivity (Wildman–Crippen MR) is 102 cm³/mol. The molecule has 4 heterocycles. The zero-order chi connectivity index (χ0) is 18.9. The van der Waals surface area contributed by atoms with Gasteiger partial charge in [0.05, 0.1) is 19.5 Å². The van der Waals surface area contributed by atoms with Crippen LogP contribution in [0, 0.1) is 0 Å². The number of nitrogens with zero attached hydrogens (tertiary/aromatic N) is 2. The fraction of sp³-hybridized carbons (Fsp3) is 0.333. The van der Waals surface area contributed by atoms with E-state index in [4.69, 9.17) is 13.6 Å². The normalized spacial score (nSPS) is 20.6. The highest BCUT2D eigenvalue weighted by Gasteiger charge is 2.37. The highest BCUT2D eigenvalue weighted by Crippen LogP contribution is 2.34. The number of morpholine rings is 1. The number of carbonyl (C=O) groups is 1. The topological polar surface area (TPSA) is 72.6 Å². The number of fused-ring (bicyclic) bond motifs is 1. The molecule has 2 aromatic heterocycles. The van der Waals surface area contributed by atoms with Crippen molar-refractivity contribution in [2.75, 3.05) is 32.8 Å². The number of furan rings is 2. The predicted octanol–water partition coefficient (Wildman–Crippen LogP) is 1.62. The number of amides is 1. The summed E-state index contributed by atoms with van der Waals surface area (Å²) in [4.78, 5) is 14.3. The Morgan fingerprint density at radius 1 is 1.18 bits per heavy atom. The Morgan fingerprint density at radius 3 is 2.82 bits per heavy atom. The third-order valence-electron chi connectivity index (χ3n) is 5.35. The van der Waals surface area contributed by atoms with Crippen LogP contribution in [0.4, 0.5) is 0 Å². The fourth-order valence-corrected chi connectivity index (χ4v) is 3.85. The van der Waals surface area contributed by atoms with Gasteiger partial charge in [-0.15, -0.1) is 0 Å². The van der Waals surface area contributed by atoms with E-state index in [0.717, 1.165) is 35.5 Å². The maximum atomic E-state index is 13.1. The molecule has 0 aliphatic carbocycles. The third-order valence-corrected chi connectivity index (χ3v) is 5.35. The summed E-state index contributed by atoms with van der Waals surface area (Å²) in [6, 6.07) is 13.3. The van der Waals surface area contributed by atoms with Gasteiger partial charge in [-0.05, 0) is 24.3 Å². The molecule has 0 radical (unpaired) electrons. The molecule has 1 N–H and O–H groups in total. The van der Waals surface area contributed by atoms with Gasteiger partial charge in [0.2, 0.25) is 0 Å². The summed E-state index contributed by atoms with van der Waals surface area (Å²) in [6.45, 7) is 3.46. The second kappa shape index (κ2) is 7.26. The smallest absolute Gasteiger partial charge is 0.298 e. The first-order chi connectivity index (χ1) is 13.8.